The van der Waals surface area contributed by atoms with Crippen LogP contribution in [0.5, 0.6) is 0 Å². The van der Waals surface area contributed by atoms with Gasteiger partial charge in [-0.2, -0.15) is 10.5 Å². The number of aryl methyl sites for hydroxylation is 1. The van der Waals surface area contributed by atoms with Crippen molar-refractivity contribution >= 4 is 11.1 Å². The highest BCUT2D eigenvalue weighted by atomic mass is 19.2. The van der Waals surface area contributed by atoms with Crippen molar-refractivity contribution in [2.24, 2.45) is 20.0 Å². The van der Waals surface area contributed by atoms with Gasteiger partial charge < -0.3 is 0 Å². The van der Waals surface area contributed by atoms with Gasteiger partial charge in [0.1, 0.15) is 28.6 Å². The van der Waals surface area contributed by atoms with Crippen LogP contribution in [0, 0.1) is 64.5 Å². The fourth-order valence-electron chi connectivity index (χ4n) is 4.21. The average molecular weight is 585 g/mol. The van der Waals surface area contributed by atoms with Gasteiger partial charge in [-0.3, -0.25) is 0 Å². The van der Waals surface area contributed by atoms with Crippen molar-refractivity contribution in [2.45, 2.75) is 6.92 Å². The summed E-state index contributed by atoms with van der Waals surface area (Å²) < 4.78 is 86.2. The second-order valence-corrected chi connectivity index (χ2v) is 8.87. The molecule has 0 amide bonds. The largest absolute Gasteiger partial charge is 0.226 e. The molecule has 43 heavy (non-hydrogen) atoms. The molecule has 0 N–H and O–H groups in total. The Morgan fingerprint density at radius 1 is 0.605 bits per heavy atom. The van der Waals surface area contributed by atoms with Gasteiger partial charge in [-0.25, -0.2) is 61.3 Å². The molecule has 0 bridgehead atoms. The van der Waals surface area contributed by atoms with E-state index in [2.05, 4.69) is 34.9 Å². The normalized spacial score (nSPS) is 15.2. The van der Waals surface area contributed by atoms with E-state index in [0.717, 1.165) is 6.07 Å². The molecule has 0 fully saturated rings. The van der Waals surface area contributed by atoms with Crippen LogP contribution < -0.4 is 21.4 Å². The van der Waals surface area contributed by atoms with Crippen LogP contribution in [0.3, 0.4) is 0 Å². The summed E-state index contributed by atoms with van der Waals surface area (Å²) in [7, 11) is 0. The molecule has 0 saturated heterocycles. The van der Waals surface area contributed by atoms with Crippen LogP contribution in [0.4, 0.5) is 26.3 Å². The molecule has 0 radical (unpaired) electrons. The van der Waals surface area contributed by atoms with Gasteiger partial charge in [0.15, 0.2) is 58.2 Å². The van der Waals surface area contributed by atoms with Crippen LogP contribution in [-0.4, -0.2) is 15.0 Å². The van der Waals surface area contributed by atoms with Gasteiger partial charge in [0, 0.05) is 0 Å². The lowest BCUT2D eigenvalue weighted by Crippen LogP contribution is -2.24. The number of nitriles is 2. The van der Waals surface area contributed by atoms with E-state index in [0.29, 0.717) is 16.3 Å². The molecule has 0 atom stereocenters. The second-order valence-electron chi connectivity index (χ2n) is 8.87. The summed E-state index contributed by atoms with van der Waals surface area (Å²) in [5.74, 6) is -15.5. The highest BCUT2D eigenvalue weighted by Crippen LogP contribution is 2.32. The van der Waals surface area contributed by atoms with E-state index >= 15 is 0 Å². The van der Waals surface area contributed by atoms with Crippen LogP contribution >= 0.6 is 0 Å². The number of fused-ring (bicyclic) bond motifs is 2. The van der Waals surface area contributed by atoms with Crippen LogP contribution in [0.1, 0.15) is 17.2 Å². The molecular formula is C28H9F6N9. The molecule has 15 heteroatoms. The lowest BCUT2D eigenvalue weighted by atomic mass is 10.1. The number of rotatable bonds is 3. The van der Waals surface area contributed by atoms with Crippen molar-refractivity contribution in [2.75, 3.05) is 0 Å². The smallest absolute Gasteiger partial charge is 0.200 e. The Morgan fingerprint density at radius 2 is 1.09 bits per heavy atom. The van der Waals surface area contributed by atoms with Gasteiger partial charge in [-0.1, -0.05) is 18.2 Å². The summed E-state index contributed by atoms with van der Waals surface area (Å²) in [6, 6.07) is 12.3. The first-order valence-electron chi connectivity index (χ1n) is 11.9. The van der Waals surface area contributed by atoms with Gasteiger partial charge in [0.25, 0.3) is 0 Å². The number of para-hydroxylation sites is 2. The fourth-order valence-corrected chi connectivity index (χ4v) is 4.21. The van der Waals surface area contributed by atoms with E-state index in [1.807, 2.05) is 0 Å². The molecule has 3 heterocycles. The Hall–Kier alpha value is -6.09. The standard InChI is InChI=1S/C28H9F6N9/c1-10-4-2-6-14-22(10)39-24(37-14)11(8-35)26-41-27(12(9-36)25-38-15-7-3-5-13(29)23(15)40-25)43-28(42-26)16-17(30)19(32)21(34)20(33)18(16)31/h2-7H,1H3/b24-11+,25-12+. The Balaban J connectivity index is 1.68. The molecule has 0 unspecified atom stereocenters. The average Bonchev–Trinajstić information content (AvgIpc) is 3.62. The van der Waals surface area contributed by atoms with Gasteiger partial charge in [-0.15, -0.1) is 0 Å². The zero-order valence-corrected chi connectivity index (χ0v) is 21.3. The second kappa shape index (κ2) is 10.1. The Kier molecular flexibility index (Phi) is 6.35. The molecular weight excluding hydrogens is 576 g/mol. The predicted octanol–water partition coefficient (Wildman–Crippen LogP) is 2.97. The van der Waals surface area contributed by atoms with Crippen molar-refractivity contribution in [3.8, 4) is 23.5 Å². The third-order valence-corrected chi connectivity index (χ3v) is 6.26. The number of benzene rings is 3. The summed E-state index contributed by atoms with van der Waals surface area (Å²) in [6.07, 6.45) is 0. The number of hydrogen-bond acceptors (Lipinski definition) is 9. The lowest BCUT2D eigenvalue weighted by molar-refractivity contribution is 0.380. The van der Waals surface area contributed by atoms with Crippen molar-refractivity contribution < 1.29 is 26.3 Å². The van der Waals surface area contributed by atoms with E-state index in [1.165, 1.54) is 12.1 Å². The van der Waals surface area contributed by atoms with Gasteiger partial charge in [0.2, 0.25) is 5.82 Å². The molecule has 2 aliphatic rings. The first kappa shape index (κ1) is 27.1. The highest BCUT2D eigenvalue weighted by Gasteiger charge is 2.30. The van der Waals surface area contributed by atoms with Crippen LogP contribution in [0.15, 0.2) is 68.0 Å². The number of hydrogen-bond donors (Lipinski definition) is 0. The summed E-state index contributed by atoms with van der Waals surface area (Å²) in [4.78, 5) is 28.3. The van der Waals surface area contributed by atoms with E-state index in [4.69, 9.17) is 0 Å². The number of aromatic nitrogens is 3. The first-order valence-corrected chi connectivity index (χ1v) is 11.9. The molecule has 0 spiro atoms. The van der Waals surface area contributed by atoms with E-state index < -0.39 is 74.9 Å². The summed E-state index contributed by atoms with van der Waals surface area (Å²) in [5, 5.41) is 20.6. The molecule has 6 rings (SSSR count). The molecule has 1 aromatic heterocycles. The molecule has 208 valence electrons. The molecule has 0 saturated carbocycles. The maximum Gasteiger partial charge on any atom is 0.200 e. The topological polar surface area (TPSA) is 136 Å². The minimum atomic E-state index is -2.42. The molecule has 0 aliphatic carbocycles. The molecule has 2 aliphatic heterocycles. The quantitative estimate of drug-likeness (QED) is 0.158. The number of halogens is 6. The first-order chi connectivity index (χ1) is 20.6. The minimum absolute atomic E-state index is 0.0357. The lowest BCUT2D eigenvalue weighted by Gasteiger charge is -2.10. The van der Waals surface area contributed by atoms with Gasteiger partial charge >= 0.3 is 0 Å². The molecule has 3 aromatic carbocycles. The van der Waals surface area contributed by atoms with Crippen molar-refractivity contribution in [1.82, 2.24) is 15.0 Å². The SMILES string of the molecule is Cc1cccc2c1=N/C(=C(\C#N)c1nc(/C(C#N)=C3\N=c4cccc(F)c4=N3)nc(-c3c(F)c(F)c(F)c(F)c3F)n1)N=2. The number of nitrogens with zero attached hydrogens (tertiary/aromatic N) is 9. The zero-order chi connectivity index (χ0) is 30.6. The van der Waals surface area contributed by atoms with E-state index in [9.17, 15) is 36.9 Å². The van der Waals surface area contributed by atoms with Crippen LogP contribution in [0.25, 0.3) is 22.5 Å². The third kappa shape index (κ3) is 4.31. The van der Waals surface area contributed by atoms with E-state index in [-0.39, 0.29) is 16.5 Å². The predicted molar refractivity (Wildman–Crippen MR) is 132 cm³/mol. The van der Waals surface area contributed by atoms with Crippen molar-refractivity contribution in [3.63, 3.8) is 0 Å². The Morgan fingerprint density at radius 3 is 1.60 bits per heavy atom. The maximum atomic E-state index is 14.9. The monoisotopic (exact) mass is 585 g/mol. The van der Waals surface area contributed by atoms with Crippen molar-refractivity contribution in [3.05, 3.63) is 122 Å². The number of allylic oxidation sites excluding steroid dienone is 2. The van der Waals surface area contributed by atoms with Crippen LogP contribution in [0.2, 0.25) is 0 Å². The minimum Gasteiger partial charge on any atom is -0.226 e. The summed E-state index contributed by atoms with van der Waals surface area (Å²) >= 11 is 0. The molecule has 9 nitrogen and oxygen atoms in total. The third-order valence-electron chi connectivity index (χ3n) is 6.26. The zero-order valence-electron chi connectivity index (χ0n) is 21.3. The molecule has 4 aromatic rings. The summed E-state index contributed by atoms with van der Waals surface area (Å²) in [6.45, 7) is 1.73. The van der Waals surface area contributed by atoms with Crippen molar-refractivity contribution in [1.29, 1.82) is 10.5 Å². The Labute approximate surface area is 235 Å². The fraction of sp³-hybridized carbons (Fsp3) is 0.0357. The summed E-state index contributed by atoms with van der Waals surface area (Å²) in [5.41, 5.74) is -1.94. The van der Waals surface area contributed by atoms with Gasteiger partial charge in [-0.05, 0) is 30.7 Å². The maximum absolute atomic E-state index is 14.9. The van der Waals surface area contributed by atoms with E-state index in [1.54, 1.807) is 37.3 Å². The van der Waals surface area contributed by atoms with Crippen LogP contribution in [-0.2, 0) is 0 Å². The Bertz CT molecular complexity index is 2200. The highest BCUT2D eigenvalue weighted by molar-refractivity contribution is 5.80. The van der Waals surface area contributed by atoms with Gasteiger partial charge in [0.05, 0.1) is 21.6 Å².